The van der Waals surface area contributed by atoms with Gasteiger partial charge in [0.15, 0.2) is 5.13 Å². The second-order valence-corrected chi connectivity index (χ2v) is 11.2. The topological polar surface area (TPSA) is 79.7 Å². The van der Waals surface area contributed by atoms with Crippen molar-refractivity contribution in [2.45, 2.75) is 25.5 Å². The minimum Gasteiger partial charge on any atom is -0.507 e. The third kappa shape index (κ3) is 4.07. The first-order valence-electron chi connectivity index (χ1n) is 11.3. The lowest BCUT2D eigenvalue weighted by Crippen LogP contribution is -2.29. The average molecular weight is 572 g/mol. The van der Waals surface area contributed by atoms with Crippen LogP contribution in [-0.2, 0) is 16.0 Å². The van der Waals surface area contributed by atoms with Crippen LogP contribution in [0.25, 0.3) is 16.0 Å². The maximum atomic E-state index is 13.5. The van der Waals surface area contributed by atoms with Gasteiger partial charge in [-0.2, -0.15) is 0 Å². The van der Waals surface area contributed by atoms with Crippen molar-refractivity contribution in [2.24, 2.45) is 0 Å². The fourth-order valence-electron chi connectivity index (χ4n) is 4.74. The van der Waals surface area contributed by atoms with E-state index in [2.05, 4.69) is 4.98 Å². The van der Waals surface area contributed by atoms with Crippen LogP contribution in [0.15, 0.2) is 60.2 Å². The van der Waals surface area contributed by atoms with Gasteiger partial charge in [-0.3, -0.25) is 14.5 Å². The highest BCUT2D eigenvalue weighted by atomic mass is 35.5. The summed E-state index contributed by atoms with van der Waals surface area (Å²) in [5.41, 5.74) is 2.40. The third-order valence-corrected chi connectivity index (χ3v) is 8.41. The molecule has 3 aromatic carbocycles. The van der Waals surface area contributed by atoms with Gasteiger partial charge in [-0.15, -0.1) is 0 Å². The van der Waals surface area contributed by atoms with Crippen molar-refractivity contribution in [2.75, 3.05) is 4.90 Å². The van der Waals surface area contributed by atoms with Crippen molar-refractivity contribution in [3.8, 4) is 5.75 Å². The van der Waals surface area contributed by atoms with E-state index in [9.17, 15) is 14.7 Å². The molecule has 0 unspecified atom stereocenters. The molecule has 0 spiro atoms. The Labute approximate surface area is 230 Å². The van der Waals surface area contributed by atoms with Crippen molar-refractivity contribution in [1.29, 1.82) is 0 Å². The van der Waals surface area contributed by atoms with E-state index in [-0.39, 0.29) is 22.5 Å². The van der Waals surface area contributed by atoms with Crippen molar-refractivity contribution >= 4 is 78.9 Å². The van der Waals surface area contributed by atoms with Crippen LogP contribution in [0, 0.1) is 0 Å². The Kier molecular flexibility index (Phi) is 5.92. The van der Waals surface area contributed by atoms with Gasteiger partial charge in [-0.25, -0.2) is 4.98 Å². The molecule has 4 aromatic rings. The van der Waals surface area contributed by atoms with Crippen LogP contribution >= 0.6 is 46.1 Å². The molecule has 6 rings (SSSR count). The van der Waals surface area contributed by atoms with Gasteiger partial charge in [0, 0.05) is 17.0 Å². The normalized spacial score (nSPS) is 20.5. The molecule has 0 saturated carbocycles. The number of hydrogen-bond acceptors (Lipinski definition) is 6. The summed E-state index contributed by atoms with van der Waals surface area (Å²) >= 11 is 19.8. The van der Waals surface area contributed by atoms with Gasteiger partial charge in [0.05, 0.1) is 31.9 Å². The van der Waals surface area contributed by atoms with E-state index >= 15 is 0 Å². The van der Waals surface area contributed by atoms with Gasteiger partial charge in [-0.1, -0.05) is 52.2 Å². The number of aliphatic hydroxyl groups is 1. The number of halogens is 3. The van der Waals surface area contributed by atoms with Gasteiger partial charge in [0.25, 0.3) is 5.78 Å². The van der Waals surface area contributed by atoms with Crippen LogP contribution in [0.4, 0.5) is 5.13 Å². The van der Waals surface area contributed by atoms with Gasteiger partial charge < -0.3 is 9.84 Å². The summed E-state index contributed by atoms with van der Waals surface area (Å²) < 4.78 is 6.52. The summed E-state index contributed by atoms with van der Waals surface area (Å²) in [6.07, 6.45) is 0.691. The molecule has 2 aliphatic heterocycles. The number of nitrogens with zero attached hydrogens (tertiary/aromatic N) is 2. The second kappa shape index (κ2) is 9.03. The maximum absolute atomic E-state index is 13.5. The molecule has 1 aromatic heterocycles. The minimum absolute atomic E-state index is 0.0155. The lowest BCUT2D eigenvalue weighted by Gasteiger charge is -2.23. The van der Waals surface area contributed by atoms with Crippen molar-refractivity contribution in [3.63, 3.8) is 0 Å². The highest BCUT2D eigenvalue weighted by molar-refractivity contribution is 7.22. The summed E-state index contributed by atoms with van der Waals surface area (Å²) in [7, 11) is 0. The van der Waals surface area contributed by atoms with Crippen molar-refractivity contribution < 1.29 is 19.4 Å². The van der Waals surface area contributed by atoms with Gasteiger partial charge in [0.1, 0.15) is 17.6 Å². The molecule has 2 atom stereocenters. The SMILES string of the molecule is C[C@H]1Cc2cc(/C(O)=C3\C(=O)C(=O)N(c4nc5ccc(Cl)cc5s4)[C@@H]3c3ccc(Cl)c(Cl)c3)ccc2O1. The first-order valence-corrected chi connectivity index (χ1v) is 13.3. The second-order valence-electron chi connectivity index (χ2n) is 8.91. The molecule has 1 saturated heterocycles. The predicted molar refractivity (Wildman–Crippen MR) is 146 cm³/mol. The number of carbonyl (C=O) groups excluding carboxylic acids is 2. The number of hydrogen-bond donors (Lipinski definition) is 1. The lowest BCUT2D eigenvalue weighted by molar-refractivity contribution is -0.132. The summed E-state index contributed by atoms with van der Waals surface area (Å²) in [6, 6.07) is 14.3. The number of aliphatic hydroxyl groups excluding tert-OH is 1. The number of aromatic nitrogens is 1. The molecule has 1 N–H and O–H groups in total. The summed E-state index contributed by atoms with van der Waals surface area (Å²) in [5.74, 6) is -1.18. The van der Waals surface area contributed by atoms with Crippen molar-refractivity contribution in [1.82, 2.24) is 4.98 Å². The number of ether oxygens (including phenoxy) is 1. The lowest BCUT2D eigenvalue weighted by atomic mass is 9.94. The smallest absolute Gasteiger partial charge is 0.301 e. The molecule has 3 heterocycles. The Balaban J connectivity index is 1.55. The number of anilines is 1. The summed E-state index contributed by atoms with van der Waals surface area (Å²) in [5, 5.41) is 12.9. The number of carbonyl (C=O) groups is 2. The number of amides is 1. The first kappa shape index (κ1) is 24.2. The first-order chi connectivity index (χ1) is 17.7. The van der Waals surface area contributed by atoms with Crippen LogP contribution in [0.5, 0.6) is 5.75 Å². The zero-order valence-electron chi connectivity index (χ0n) is 19.2. The van der Waals surface area contributed by atoms with E-state index in [1.807, 2.05) is 6.92 Å². The molecule has 37 heavy (non-hydrogen) atoms. The molecule has 1 fully saturated rings. The van der Waals surface area contributed by atoms with Crippen LogP contribution in [0.1, 0.15) is 29.7 Å². The minimum atomic E-state index is -0.978. The molecule has 10 heteroatoms. The zero-order valence-corrected chi connectivity index (χ0v) is 22.3. The highest BCUT2D eigenvalue weighted by Gasteiger charge is 2.48. The number of fused-ring (bicyclic) bond motifs is 2. The molecule has 6 nitrogen and oxygen atoms in total. The fourth-order valence-corrected chi connectivity index (χ4v) is 6.32. The quantitative estimate of drug-likeness (QED) is 0.160. The van der Waals surface area contributed by atoms with Crippen LogP contribution in [-0.4, -0.2) is 27.9 Å². The maximum Gasteiger partial charge on any atom is 0.301 e. The Morgan fingerprint density at radius 1 is 1.05 bits per heavy atom. The highest BCUT2D eigenvalue weighted by Crippen LogP contribution is 2.46. The van der Waals surface area contributed by atoms with Crippen LogP contribution in [0.2, 0.25) is 15.1 Å². The Hall–Kier alpha value is -3.10. The van der Waals surface area contributed by atoms with E-state index in [0.29, 0.717) is 38.2 Å². The average Bonchev–Trinajstić information content (AvgIpc) is 3.52. The fraction of sp³-hybridized carbons (Fsp3) is 0.148. The predicted octanol–water partition coefficient (Wildman–Crippen LogP) is 7.21. The van der Waals surface area contributed by atoms with E-state index in [4.69, 9.17) is 39.5 Å². The number of benzene rings is 3. The van der Waals surface area contributed by atoms with Gasteiger partial charge in [-0.05, 0) is 66.6 Å². The molecule has 186 valence electrons. The molecular formula is C27H17Cl3N2O4S. The largest absolute Gasteiger partial charge is 0.507 e. The van der Waals surface area contributed by atoms with E-state index in [1.54, 1.807) is 54.6 Å². The van der Waals surface area contributed by atoms with Gasteiger partial charge >= 0.3 is 5.91 Å². The monoisotopic (exact) mass is 570 g/mol. The number of Topliss-reactive ketones (excluding diaryl/α,β-unsaturated/α-hetero) is 1. The Morgan fingerprint density at radius 3 is 2.65 bits per heavy atom. The molecule has 2 aliphatic rings. The van der Waals surface area contributed by atoms with E-state index in [0.717, 1.165) is 16.0 Å². The number of ketones is 1. The molecule has 0 radical (unpaired) electrons. The number of thiazole rings is 1. The van der Waals surface area contributed by atoms with Gasteiger partial charge in [0.2, 0.25) is 0 Å². The zero-order chi connectivity index (χ0) is 26.0. The number of rotatable bonds is 3. The standard InChI is InChI=1S/C27H17Cl3N2O4S/c1-12-8-15-9-14(3-7-20(15)36-12)24(33)22-23(13-2-5-17(29)18(30)10-13)32(26(35)25(22)34)27-31-19-6-4-16(28)11-21(19)37-27/h2-7,9-12,23,33H,8H2,1H3/b24-22+/t12-,23+/m0/s1. The molecular weight excluding hydrogens is 555 g/mol. The molecule has 0 aliphatic carbocycles. The van der Waals surface area contributed by atoms with Crippen LogP contribution < -0.4 is 9.64 Å². The Bertz CT molecular complexity index is 1660. The molecule has 1 amide bonds. The Morgan fingerprint density at radius 2 is 1.86 bits per heavy atom. The van der Waals surface area contributed by atoms with E-state index in [1.165, 1.54) is 16.2 Å². The van der Waals surface area contributed by atoms with Crippen molar-refractivity contribution in [3.05, 3.63) is 91.9 Å². The van der Waals surface area contributed by atoms with Crippen LogP contribution in [0.3, 0.4) is 0 Å². The summed E-state index contributed by atoms with van der Waals surface area (Å²) in [4.78, 5) is 32.8. The van der Waals surface area contributed by atoms with E-state index < -0.39 is 17.7 Å². The summed E-state index contributed by atoms with van der Waals surface area (Å²) in [6.45, 7) is 1.96. The third-order valence-electron chi connectivity index (χ3n) is 6.42. The molecule has 0 bridgehead atoms.